The van der Waals surface area contributed by atoms with E-state index in [1.807, 2.05) is 67.6 Å². The number of rotatable bonds is 7. The van der Waals surface area contributed by atoms with Crippen molar-refractivity contribution in [2.45, 2.75) is 50.2 Å². The van der Waals surface area contributed by atoms with Gasteiger partial charge in [-0.15, -0.1) is 0 Å². The molecule has 3 aliphatic rings. The van der Waals surface area contributed by atoms with Gasteiger partial charge < -0.3 is 28.3 Å². The quantitative estimate of drug-likeness (QED) is 0.291. The third-order valence-electron chi connectivity index (χ3n) is 8.80. The van der Waals surface area contributed by atoms with Crippen LogP contribution in [0, 0.1) is 5.92 Å². The smallest absolute Gasteiger partial charge is 0.269 e. The van der Waals surface area contributed by atoms with Crippen LogP contribution in [0.4, 0.5) is 21.2 Å². The van der Waals surface area contributed by atoms with E-state index in [0.29, 0.717) is 34.1 Å². The number of nitrogens with zero attached hydrogens (tertiary/aromatic N) is 2. The van der Waals surface area contributed by atoms with Crippen LogP contribution >= 0.6 is 0 Å². The molecule has 0 bridgehead atoms. The lowest BCUT2D eigenvalue weighted by atomic mass is 9.82. The summed E-state index contributed by atoms with van der Waals surface area (Å²) in [5, 5.41) is 9.79. The third kappa shape index (κ3) is 4.40. The molecular weight excluding hydrogens is 555 g/mol. The SMILES string of the molecule is COc1ccc2c(c1)[C@@]1(O[C@H](CCO)[C@@H]([Si](C)(C)F)[C@@H]1C)C(=O)N2Cc1cccc(N2C(=O)COc3ccccc32)c1. The Labute approximate surface area is 245 Å². The molecule has 3 aliphatic heterocycles. The van der Waals surface area contributed by atoms with E-state index in [1.54, 1.807) is 36.1 Å². The fourth-order valence-corrected chi connectivity index (χ4v) is 9.61. The molecule has 0 saturated carbocycles. The molecule has 3 heterocycles. The van der Waals surface area contributed by atoms with Gasteiger partial charge >= 0.3 is 0 Å². The van der Waals surface area contributed by atoms with Gasteiger partial charge in [-0.3, -0.25) is 14.5 Å². The van der Waals surface area contributed by atoms with Crippen LogP contribution < -0.4 is 19.3 Å². The summed E-state index contributed by atoms with van der Waals surface area (Å²) < 4.78 is 33.5. The Morgan fingerprint density at radius 1 is 1.07 bits per heavy atom. The third-order valence-corrected chi connectivity index (χ3v) is 11.3. The van der Waals surface area contributed by atoms with E-state index in [4.69, 9.17) is 14.2 Å². The highest BCUT2D eigenvalue weighted by atomic mass is 28.4. The van der Waals surface area contributed by atoms with Gasteiger partial charge in [-0.05, 0) is 67.5 Å². The Morgan fingerprint density at radius 2 is 1.86 bits per heavy atom. The lowest BCUT2D eigenvalue weighted by molar-refractivity contribution is -0.146. The topological polar surface area (TPSA) is 88.5 Å². The number of carbonyl (C=O) groups excluding carboxylic acids is 2. The van der Waals surface area contributed by atoms with Gasteiger partial charge in [0.25, 0.3) is 11.8 Å². The van der Waals surface area contributed by atoms with Gasteiger partial charge in [0.1, 0.15) is 11.5 Å². The number of halogens is 1. The Balaban J connectivity index is 1.40. The van der Waals surface area contributed by atoms with E-state index in [9.17, 15) is 14.7 Å². The first-order valence-corrected chi connectivity index (χ1v) is 17.2. The summed E-state index contributed by atoms with van der Waals surface area (Å²) in [5.74, 6) is 0.286. The van der Waals surface area contributed by atoms with Crippen molar-refractivity contribution in [3.8, 4) is 11.5 Å². The molecular formula is C32H35FN2O6Si. The molecule has 10 heteroatoms. The molecule has 0 aromatic heterocycles. The summed E-state index contributed by atoms with van der Waals surface area (Å²) in [4.78, 5) is 30.8. The predicted octanol–water partition coefficient (Wildman–Crippen LogP) is 5.46. The minimum absolute atomic E-state index is 0.0663. The second-order valence-corrected chi connectivity index (χ2v) is 15.5. The van der Waals surface area contributed by atoms with Gasteiger partial charge in [-0.2, -0.15) is 0 Å². The van der Waals surface area contributed by atoms with Gasteiger partial charge in [-0.25, -0.2) is 0 Å². The van der Waals surface area contributed by atoms with Crippen molar-refractivity contribution in [1.29, 1.82) is 0 Å². The Kier molecular flexibility index (Phi) is 7.11. The molecule has 8 nitrogen and oxygen atoms in total. The van der Waals surface area contributed by atoms with Gasteiger partial charge in [-0.1, -0.05) is 31.2 Å². The van der Waals surface area contributed by atoms with Gasteiger partial charge in [0, 0.05) is 29.3 Å². The van der Waals surface area contributed by atoms with Crippen LogP contribution in [0.2, 0.25) is 18.6 Å². The Bertz CT molecular complexity index is 1540. The highest BCUT2D eigenvalue weighted by molar-refractivity contribution is 6.72. The van der Waals surface area contributed by atoms with Crippen molar-refractivity contribution in [3.05, 3.63) is 77.9 Å². The molecule has 6 rings (SSSR count). The highest BCUT2D eigenvalue weighted by Crippen LogP contribution is 2.60. The monoisotopic (exact) mass is 590 g/mol. The number of amides is 2. The van der Waals surface area contributed by atoms with E-state index in [-0.39, 0.29) is 38.0 Å². The van der Waals surface area contributed by atoms with Gasteiger partial charge in [0.15, 0.2) is 12.2 Å². The molecule has 0 aliphatic carbocycles. The largest absolute Gasteiger partial charge is 0.497 e. The number of hydrogen-bond acceptors (Lipinski definition) is 6. The van der Waals surface area contributed by atoms with Crippen molar-refractivity contribution < 1.29 is 33.0 Å². The second-order valence-electron chi connectivity index (χ2n) is 11.7. The molecule has 1 N–H and O–H groups in total. The van der Waals surface area contributed by atoms with Crippen molar-refractivity contribution in [2.75, 3.05) is 30.1 Å². The highest BCUT2D eigenvalue weighted by Gasteiger charge is 2.66. The zero-order valence-electron chi connectivity index (χ0n) is 24.2. The number of benzene rings is 3. The molecule has 0 unspecified atom stereocenters. The molecule has 4 atom stereocenters. The summed E-state index contributed by atoms with van der Waals surface area (Å²) in [5.41, 5.74) is 1.58. The van der Waals surface area contributed by atoms with E-state index < -0.39 is 31.6 Å². The summed E-state index contributed by atoms with van der Waals surface area (Å²) >= 11 is 0. The molecule has 3 aromatic rings. The lowest BCUT2D eigenvalue weighted by Crippen LogP contribution is -2.45. The molecule has 220 valence electrons. The van der Waals surface area contributed by atoms with Gasteiger partial charge in [0.2, 0.25) is 8.41 Å². The zero-order chi connectivity index (χ0) is 29.8. The first kappa shape index (κ1) is 28.4. The van der Waals surface area contributed by atoms with Gasteiger partial charge in [0.05, 0.1) is 31.1 Å². The molecule has 2 amide bonds. The number of anilines is 3. The molecule has 42 heavy (non-hydrogen) atoms. The minimum Gasteiger partial charge on any atom is -0.497 e. The first-order valence-electron chi connectivity index (χ1n) is 14.2. The van der Waals surface area contributed by atoms with Crippen molar-refractivity contribution in [2.24, 2.45) is 5.92 Å². The lowest BCUT2D eigenvalue weighted by Gasteiger charge is -2.31. The van der Waals surface area contributed by atoms with Crippen LogP contribution in [0.15, 0.2) is 66.7 Å². The number of fused-ring (bicyclic) bond motifs is 3. The standard InChI is InChI=1S/C32H35FN2O6Si/c1-20-30(42(3,4)33)28(14-15-36)41-32(20)24-17-23(39-2)12-13-25(24)34(31(32)38)18-21-8-7-9-22(16-21)35-26-10-5-6-11-27(26)40-19-29(35)37/h5-13,16-17,20,28,30,36H,14-15,18-19H2,1-4H3/t20-,28+,30-,32+/m0/s1. The number of carbonyl (C=O) groups is 2. The summed E-state index contributed by atoms with van der Waals surface area (Å²) in [6, 6.07) is 20.4. The van der Waals surface area contributed by atoms with Crippen LogP contribution in [0.1, 0.15) is 24.5 Å². The predicted molar refractivity (Wildman–Crippen MR) is 159 cm³/mol. The maximum Gasteiger partial charge on any atom is 0.269 e. The zero-order valence-corrected chi connectivity index (χ0v) is 25.2. The maximum absolute atomic E-state index is 15.8. The Hall–Kier alpha value is -3.73. The number of aliphatic hydroxyl groups excluding tert-OH is 1. The molecule has 0 radical (unpaired) electrons. The van der Waals surface area contributed by atoms with Crippen LogP contribution in [-0.2, 0) is 26.5 Å². The van der Waals surface area contributed by atoms with E-state index in [2.05, 4.69) is 0 Å². The summed E-state index contributed by atoms with van der Waals surface area (Å²) in [6.07, 6.45) is -0.337. The fraction of sp³-hybridized carbons (Fsp3) is 0.375. The van der Waals surface area contributed by atoms with Crippen molar-refractivity contribution in [1.82, 2.24) is 0 Å². The van der Waals surface area contributed by atoms with E-state index in [0.717, 1.165) is 5.56 Å². The van der Waals surface area contributed by atoms with E-state index in [1.165, 1.54) is 0 Å². The van der Waals surface area contributed by atoms with Crippen LogP contribution in [0.3, 0.4) is 0 Å². The molecule has 1 spiro atoms. The van der Waals surface area contributed by atoms with Crippen molar-refractivity contribution >= 4 is 37.3 Å². The van der Waals surface area contributed by atoms with Crippen molar-refractivity contribution in [3.63, 3.8) is 0 Å². The normalized spacial score (nSPS) is 25.0. The average molecular weight is 591 g/mol. The number of para-hydroxylation sites is 2. The summed E-state index contributed by atoms with van der Waals surface area (Å²) in [7, 11) is -1.74. The van der Waals surface area contributed by atoms with Crippen LogP contribution in [-0.4, -0.2) is 51.8 Å². The van der Waals surface area contributed by atoms with Crippen LogP contribution in [0.5, 0.6) is 11.5 Å². The van der Waals surface area contributed by atoms with Crippen LogP contribution in [0.25, 0.3) is 0 Å². The molecule has 1 saturated heterocycles. The first-order chi connectivity index (χ1) is 20.1. The number of hydrogen-bond donors (Lipinski definition) is 1. The summed E-state index contributed by atoms with van der Waals surface area (Å²) in [6.45, 7) is 5.16. The average Bonchev–Trinajstić information content (AvgIpc) is 3.39. The Morgan fingerprint density at radius 3 is 2.60 bits per heavy atom. The minimum atomic E-state index is -3.30. The fourth-order valence-electron chi connectivity index (χ4n) is 7.07. The number of ether oxygens (including phenoxy) is 3. The number of methoxy groups -OCH3 is 1. The molecule has 3 aromatic carbocycles. The van der Waals surface area contributed by atoms with E-state index >= 15 is 4.11 Å². The molecule has 1 fully saturated rings. The maximum atomic E-state index is 15.8. The number of aliphatic hydroxyl groups is 1. The second kappa shape index (κ2) is 10.5.